The van der Waals surface area contributed by atoms with Crippen molar-refractivity contribution >= 4 is 34.0 Å². The highest BCUT2D eigenvalue weighted by Gasteiger charge is 2.10. The highest BCUT2D eigenvalue weighted by Crippen LogP contribution is 2.29. The standard InChI is InChI=1S/C18H15N5O3/c1-19-15-10-12(4-3-11(15)9-16(24)23-25)21-14-7-8-20-18-13(14)5-6-17(22-18)26-2/h3-8,10,25H,9H2,2H3,(H,23,24)(H,20,21,22). The summed E-state index contributed by atoms with van der Waals surface area (Å²) in [4.78, 5) is 23.3. The predicted molar refractivity (Wildman–Crippen MR) is 95.7 cm³/mol. The Labute approximate surface area is 149 Å². The molecule has 0 radical (unpaired) electrons. The summed E-state index contributed by atoms with van der Waals surface area (Å²) in [5.74, 6) is -0.0975. The molecule has 130 valence electrons. The molecule has 26 heavy (non-hydrogen) atoms. The first kappa shape index (κ1) is 17.1. The van der Waals surface area contributed by atoms with Crippen LogP contribution in [0.1, 0.15) is 5.56 Å². The molecule has 2 aromatic heterocycles. The fourth-order valence-corrected chi connectivity index (χ4v) is 2.50. The van der Waals surface area contributed by atoms with Crippen LogP contribution in [-0.4, -0.2) is 28.2 Å². The van der Waals surface area contributed by atoms with E-state index in [1.165, 1.54) is 0 Å². The van der Waals surface area contributed by atoms with Crippen LogP contribution in [0.4, 0.5) is 17.1 Å². The second-order valence-corrected chi connectivity index (χ2v) is 5.38. The SMILES string of the molecule is [C-]#[N+]c1cc(Nc2ccnc3nc(OC)ccc23)ccc1CC(=O)NO. The van der Waals surface area contributed by atoms with E-state index in [0.717, 1.165) is 11.1 Å². The highest BCUT2D eigenvalue weighted by molar-refractivity contribution is 5.91. The number of hydroxylamine groups is 1. The maximum absolute atomic E-state index is 11.3. The van der Waals surface area contributed by atoms with Crippen molar-refractivity contribution in [3.63, 3.8) is 0 Å². The van der Waals surface area contributed by atoms with Gasteiger partial charge in [-0.05, 0) is 29.8 Å². The lowest BCUT2D eigenvalue weighted by molar-refractivity contribution is -0.128. The van der Waals surface area contributed by atoms with Gasteiger partial charge in [0.05, 0.1) is 19.4 Å². The molecule has 0 unspecified atom stereocenters. The van der Waals surface area contributed by atoms with Crippen LogP contribution in [0.3, 0.4) is 0 Å². The maximum atomic E-state index is 11.3. The van der Waals surface area contributed by atoms with Crippen molar-refractivity contribution in [3.05, 3.63) is 59.6 Å². The number of aromatic nitrogens is 2. The van der Waals surface area contributed by atoms with Crippen molar-refractivity contribution in [1.82, 2.24) is 15.4 Å². The minimum Gasteiger partial charge on any atom is -0.481 e. The van der Waals surface area contributed by atoms with E-state index in [1.54, 1.807) is 49.1 Å². The van der Waals surface area contributed by atoms with E-state index >= 15 is 0 Å². The molecule has 3 aromatic rings. The van der Waals surface area contributed by atoms with Crippen LogP contribution in [-0.2, 0) is 11.2 Å². The summed E-state index contributed by atoms with van der Waals surface area (Å²) in [6.45, 7) is 7.31. The molecule has 3 rings (SSSR count). The number of amides is 1. The lowest BCUT2D eigenvalue weighted by Gasteiger charge is -2.11. The average Bonchev–Trinajstić information content (AvgIpc) is 2.68. The fraction of sp³-hybridized carbons (Fsp3) is 0.111. The second kappa shape index (κ2) is 7.46. The first-order valence-electron chi connectivity index (χ1n) is 7.64. The number of carbonyl (C=O) groups excluding carboxylic acids is 1. The van der Waals surface area contributed by atoms with Gasteiger partial charge in [0.1, 0.15) is 0 Å². The van der Waals surface area contributed by atoms with Crippen LogP contribution < -0.4 is 15.5 Å². The largest absolute Gasteiger partial charge is 0.481 e. The molecule has 0 saturated heterocycles. The van der Waals surface area contributed by atoms with Crippen LogP contribution in [0.15, 0.2) is 42.6 Å². The lowest BCUT2D eigenvalue weighted by atomic mass is 10.1. The van der Waals surface area contributed by atoms with E-state index in [2.05, 4.69) is 20.1 Å². The Morgan fingerprint density at radius 1 is 1.31 bits per heavy atom. The molecule has 8 heteroatoms. The van der Waals surface area contributed by atoms with Gasteiger partial charge in [0.15, 0.2) is 11.3 Å². The van der Waals surface area contributed by atoms with E-state index < -0.39 is 5.91 Å². The number of hydrogen-bond acceptors (Lipinski definition) is 6. The molecule has 0 aliphatic rings. The summed E-state index contributed by atoms with van der Waals surface area (Å²) in [6.07, 6.45) is 1.56. The van der Waals surface area contributed by atoms with Gasteiger partial charge in [-0.25, -0.2) is 15.3 Å². The Hall–Kier alpha value is -3.70. The third kappa shape index (κ3) is 3.53. The number of ether oxygens (including phenoxy) is 1. The van der Waals surface area contributed by atoms with Gasteiger partial charge in [0.25, 0.3) is 0 Å². The number of hydrogen-bond donors (Lipinski definition) is 3. The first-order valence-corrected chi connectivity index (χ1v) is 7.64. The topological polar surface area (TPSA) is 101 Å². The van der Waals surface area contributed by atoms with E-state index in [-0.39, 0.29) is 6.42 Å². The molecule has 3 N–H and O–H groups in total. The molecule has 0 saturated carbocycles. The number of rotatable bonds is 5. The molecule has 0 atom stereocenters. The minimum absolute atomic E-state index is 0.0730. The van der Waals surface area contributed by atoms with E-state index in [0.29, 0.717) is 28.5 Å². The van der Waals surface area contributed by atoms with Crippen LogP contribution in [0, 0.1) is 6.57 Å². The second-order valence-electron chi connectivity index (χ2n) is 5.38. The van der Waals surface area contributed by atoms with Crippen molar-refractivity contribution in [2.75, 3.05) is 12.4 Å². The van der Waals surface area contributed by atoms with Gasteiger partial charge in [-0.2, -0.15) is 4.98 Å². The quantitative estimate of drug-likeness (QED) is 0.372. The van der Waals surface area contributed by atoms with Crippen molar-refractivity contribution in [1.29, 1.82) is 0 Å². The highest BCUT2D eigenvalue weighted by atomic mass is 16.5. The van der Waals surface area contributed by atoms with Gasteiger partial charge in [-0.1, -0.05) is 6.07 Å². The van der Waals surface area contributed by atoms with Gasteiger partial charge in [0.2, 0.25) is 11.8 Å². The zero-order valence-electron chi connectivity index (χ0n) is 13.9. The lowest BCUT2D eigenvalue weighted by Crippen LogP contribution is -2.20. The number of nitrogens with one attached hydrogen (secondary N) is 2. The van der Waals surface area contributed by atoms with Gasteiger partial charge in [-0.15, -0.1) is 0 Å². The van der Waals surface area contributed by atoms with Crippen LogP contribution in [0.5, 0.6) is 5.88 Å². The molecule has 0 spiro atoms. The molecule has 8 nitrogen and oxygen atoms in total. The van der Waals surface area contributed by atoms with Gasteiger partial charge < -0.3 is 10.1 Å². The van der Waals surface area contributed by atoms with Gasteiger partial charge in [-0.3, -0.25) is 10.0 Å². The van der Waals surface area contributed by atoms with Crippen molar-refractivity contribution < 1.29 is 14.7 Å². The smallest absolute Gasteiger partial charge is 0.246 e. The van der Waals surface area contributed by atoms with Crippen LogP contribution >= 0.6 is 0 Å². The summed E-state index contributed by atoms with van der Waals surface area (Å²) in [7, 11) is 1.54. The average molecular weight is 349 g/mol. The molecule has 0 bridgehead atoms. The first-order chi connectivity index (χ1) is 12.6. The fourth-order valence-electron chi connectivity index (χ4n) is 2.50. The summed E-state index contributed by atoms with van der Waals surface area (Å²) < 4.78 is 5.11. The number of pyridine rings is 2. The molecular formula is C18H15N5O3. The molecule has 0 fully saturated rings. The van der Waals surface area contributed by atoms with Crippen LogP contribution in [0.25, 0.3) is 15.9 Å². The normalized spacial score (nSPS) is 10.2. The van der Waals surface area contributed by atoms with Crippen molar-refractivity contribution in [2.24, 2.45) is 0 Å². The summed E-state index contributed by atoms with van der Waals surface area (Å²) in [5.41, 5.74) is 4.43. The molecule has 2 heterocycles. The third-order valence-corrected chi connectivity index (χ3v) is 3.75. The Balaban J connectivity index is 1.93. The number of carbonyl (C=O) groups is 1. The zero-order chi connectivity index (χ0) is 18.5. The third-order valence-electron chi connectivity index (χ3n) is 3.75. The molecular weight excluding hydrogens is 334 g/mol. The predicted octanol–water partition coefficient (Wildman–Crippen LogP) is 2.98. The Kier molecular flexibility index (Phi) is 4.92. The summed E-state index contributed by atoms with van der Waals surface area (Å²) in [5, 5.41) is 12.7. The van der Waals surface area contributed by atoms with Gasteiger partial charge >= 0.3 is 0 Å². The maximum Gasteiger partial charge on any atom is 0.246 e. The number of benzene rings is 1. The molecule has 0 aliphatic carbocycles. The summed E-state index contributed by atoms with van der Waals surface area (Å²) in [6, 6.07) is 10.5. The summed E-state index contributed by atoms with van der Waals surface area (Å²) >= 11 is 0. The van der Waals surface area contributed by atoms with Crippen LogP contribution in [0.2, 0.25) is 0 Å². The minimum atomic E-state index is -0.573. The van der Waals surface area contributed by atoms with E-state index in [9.17, 15) is 4.79 Å². The number of anilines is 2. The molecule has 0 aliphatic heterocycles. The Bertz CT molecular complexity index is 1010. The monoisotopic (exact) mass is 349 g/mol. The van der Waals surface area contributed by atoms with Crippen molar-refractivity contribution in [3.8, 4) is 5.88 Å². The van der Waals surface area contributed by atoms with E-state index in [1.807, 2.05) is 6.07 Å². The number of nitrogens with zero attached hydrogens (tertiary/aromatic N) is 3. The van der Waals surface area contributed by atoms with E-state index in [4.69, 9.17) is 16.5 Å². The molecule has 1 amide bonds. The van der Waals surface area contributed by atoms with Gasteiger partial charge in [0, 0.05) is 29.8 Å². The zero-order valence-corrected chi connectivity index (χ0v) is 13.9. The molecule has 1 aromatic carbocycles. The van der Waals surface area contributed by atoms with Crippen molar-refractivity contribution in [2.45, 2.75) is 6.42 Å². The number of methoxy groups -OCH3 is 1. The Morgan fingerprint density at radius 3 is 2.88 bits per heavy atom. The number of fused-ring (bicyclic) bond motifs is 1. The Morgan fingerprint density at radius 2 is 2.15 bits per heavy atom.